The number of ether oxygens (including phenoxy) is 1. The molecule has 0 aliphatic carbocycles. The molecule has 7 heteroatoms. The zero-order chi connectivity index (χ0) is 14.2. The van der Waals surface area contributed by atoms with Gasteiger partial charge in [0.25, 0.3) is 5.91 Å². The Balaban J connectivity index is 2.53. The molecular weight excluding hydrogens is 316 g/mol. The van der Waals surface area contributed by atoms with Gasteiger partial charge >= 0.3 is 5.97 Å². The first kappa shape index (κ1) is 13.8. The number of fused-ring (bicyclic) bond motifs is 1. The average molecular weight is 329 g/mol. The van der Waals surface area contributed by atoms with Crippen molar-refractivity contribution in [3.05, 3.63) is 16.7 Å². The van der Waals surface area contributed by atoms with Gasteiger partial charge in [-0.05, 0) is 34.0 Å². The van der Waals surface area contributed by atoms with Crippen LogP contribution in [0.4, 0.5) is 5.82 Å². The lowest BCUT2D eigenvalue weighted by Gasteiger charge is -2.34. The van der Waals surface area contributed by atoms with E-state index in [1.165, 1.54) is 4.90 Å². The fraction of sp³-hybridized carbons (Fsp3) is 0.417. The number of hydrogen-bond donors (Lipinski definition) is 1. The first-order valence-electron chi connectivity index (χ1n) is 5.76. The summed E-state index contributed by atoms with van der Waals surface area (Å²) in [6.07, 6.45) is 0. The highest BCUT2D eigenvalue weighted by Crippen LogP contribution is 2.34. The average Bonchev–Trinajstić information content (AvgIpc) is 2.31. The molecule has 1 N–H and O–H groups in total. The van der Waals surface area contributed by atoms with Crippen molar-refractivity contribution in [2.45, 2.75) is 19.9 Å². The van der Waals surface area contributed by atoms with Crippen molar-refractivity contribution in [2.75, 3.05) is 11.5 Å². The van der Waals surface area contributed by atoms with Gasteiger partial charge in [0.2, 0.25) is 0 Å². The maximum atomic E-state index is 12.0. The summed E-state index contributed by atoms with van der Waals surface area (Å²) in [6, 6.07) is 2.38. The molecule has 0 saturated carbocycles. The lowest BCUT2D eigenvalue weighted by Crippen LogP contribution is -2.52. The molecule has 0 bridgehead atoms. The molecule has 0 fully saturated rings. The summed E-state index contributed by atoms with van der Waals surface area (Å²) in [4.78, 5) is 28.8. The molecule has 1 aliphatic rings. The standard InChI is InChI=1S/C12H13BrN2O4/c1-6(2)10(12(17)18)15-9(16)5-19-7-3-4-8(13)14-11(7)15/h3-4,6,10H,5H2,1-2H3,(H,17,18). The predicted octanol–water partition coefficient (Wildman–Crippen LogP) is 1.68. The number of aliphatic carboxylic acids is 1. The highest BCUT2D eigenvalue weighted by atomic mass is 79.9. The summed E-state index contributed by atoms with van der Waals surface area (Å²) >= 11 is 3.21. The first-order valence-corrected chi connectivity index (χ1v) is 6.55. The summed E-state index contributed by atoms with van der Waals surface area (Å²) in [6.45, 7) is 3.32. The van der Waals surface area contributed by atoms with E-state index in [1.54, 1.807) is 26.0 Å². The third kappa shape index (κ3) is 2.56. The van der Waals surface area contributed by atoms with Crippen LogP contribution in [0.1, 0.15) is 13.8 Å². The lowest BCUT2D eigenvalue weighted by molar-refractivity contribution is -0.141. The molecule has 0 saturated heterocycles. The van der Waals surface area contributed by atoms with E-state index in [1.807, 2.05) is 0 Å². The molecule has 0 radical (unpaired) electrons. The number of pyridine rings is 1. The summed E-state index contributed by atoms with van der Waals surface area (Å²) in [5.41, 5.74) is 0. The van der Waals surface area contributed by atoms with E-state index in [0.717, 1.165) is 0 Å². The molecule has 0 aromatic carbocycles. The molecule has 102 valence electrons. The van der Waals surface area contributed by atoms with Crippen molar-refractivity contribution in [2.24, 2.45) is 5.92 Å². The van der Waals surface area contributed by atoms with Gasteiger partial charge in [0.1, 0.15) is 10.6 Å². The number of hydrogen-bond acceptors (Lipinski definition) is 4. The van der Waals surface area contributed by atoms with Crippen LogP contribution >= 0.6 is 15.9 Å². The van der Waals surface area contributed by atoms with Crippen molar-refractivity contribution in [3.63, 3.8) is 0 Å². The Kier molecular flexibility index (Phi) is 3.75. The van der Waals surface area contributed by atoms with Crippen molar-refractivity contribution in [1.29, 1.82) is 0 Å². The molecule has 1 amide bonds. The van der Waals surface area contributed by atoms with Crippen molar-refractivity contribution in [3.8, 4) is 5.75 Å². The molecular formula is C12H13BrN2O4. The molecule has 2 rings (SSSR count). The van der Waals surface area contributed by atoms with Crippen LogP contribution in [0.2, 0.25) is 0 Å². The van der Waals surface area contributed by atoms with Gasteiger partial charge in [-0.1, -0.05) is 13.8 Å². The van der Waals surface area contributed by atoms with Crippen molar-refractivity contribution >= 4 is 33.6 Å². The number of anilines is 1. The second-order valence-electron chi connectivity index (χ2n) is 4.54. The lowest BCUT2D eigenvalue weighted by atomic mass is 10.0. The maximum Gasteiger partial charge on any atom is 0.327 e. The van der Waals surface area contributed by atoms with Gasteiger partial charge < -0.3 is 9.84 Å². The molecule has 1 aromatic heterocycles. The molecule has 1 unspecified atom stereocenters. The molecule has 1 aromatic rings. The number of rotatable bonds is 3. The second-order valence-corrected chi connectivity index (χ2v) is 5.35. The number of carbonyl (C=O) groups excluding carboxylic acids is 1. The second kappa shape index (κ2) is 5.16. The first-order chi connectivity index (χ1) is 8.91. The minimum atomic E-state index is -1.06. The number of amides is 1. The Morgan fingerprint density at radius 2 is 2.21 bits per heavy atom. The maximum absolute atomic E-state index is 12.0. The molecule has 19 heavy (non-hydrogen) atoms. The summed E-state index contributed by atoms with van der Waals surface area (Å²) in [7, 11) is 0. The number of carboxylic acid groups (broad SMARTS) is 1. The Hall–Kier alpha value is -1.63. The summed E-state index contributed by atoms with van der Waals surface area (Å²) in [5.74, 6) is -1.05. The van der Waals surface area contributed by atoms with Crippen LogP contribution in [-0.4, -0.2) is 34.6 Å². The number of carboxylic acids is 1. The van der Waals surface area contributed by atoms with Crippen molar-refractivity contribution < 1.29 is 19.4 Å². The SMILES string of the molecule is CC(C)C(C(=O)O)N1C(=O)COc2ccc(Br)nc21. The Morgan fingerprint density at radius 1 is 1.53 bits per heavy atom. The monoisotopic (exact) mass is 328 g/mol. The normalized spacial score (nSPS) is 16.0. The highest BCUT2D eigenvalue weighted by molar-refractivity contribution is 9.10. The third-order valence-corrected chi connectivity index (χ3v) is 3.26. The number of halogens is 1. The van der Waals surface area contributed by atoms with Gasteiger partial charge in [0.05, 0.1) is 0 Å². The smallest absolute Gasteiger partial charge is 0.327 e. The van der Waals surface area contributed by atoms with E-state index >= 15 is 0 Å². The number of carbonyl (C=O) groups is 2. The van der Waals surface area contributed by atoms with E-state index in [4.69, 9.17) is 4.74 Å². The van der Waals surface area contributed by atoms with Gasteiger partial charge in [-0.25, -0.2) is 9.78 Å². The van der Waals surface area contributed by atoms with E-state index in [2.05, 4.69) is 20.9 Å². The molecule has 1 atom stereocenters. The van der Waals surface area contributed by atoms with E-state index in [9.17, 15) is 14.7 Å². The Bertz CT molecular complexity index is 532. The van der Waals surface area contributed by atoms with Gasteiger partial charge in [0, 0.05) is 0 Å². The van der Waals surface area contributed by atoms with Gasteiger partial charge in [-0.15, -0.1) is 0 Å². The zero-order valence-corrected chi connectivity index (χ0v) is 12.0. The fourth-order valence-electron chi connectivity index (χ4n) is 2.01. The predicted molar refractivity (Wildman–Crippen MR) is 71.2 cm³/mol. The van der Waals surface area contributed by atoms with Gasteiger partial charge in [-0.2, -0.15) is 0 Å². The van der Waals surface area contributed by atoms with E-state index < -0.39 is 17.9 Å². The van der Waals surface area contributed by atoms with Gasteiger partial charge in [-0.3, -0.25) is 9.69 Å². The highest BCUT2D eigenvalue weighted by Gasteiger charge is 2.38. The zero-order valence-electron chi connectivity index (χ0n) is 10.5. The summed E-state index contributed by atoms with van der Waals surface area (Å²) in [5, 5.41) is 9.33. The van der Waals surface area contributed by atoms with Gasteiger partial charge in [0.15, 0.2) is 18.2 Å². The van der Waals surface area contributed by atoms with E-state index in [0.29, 0.717) is 10.4 Å². The quantitative estimate of drug-likeness (QED) is 0.854. The van der Waals surface area contributed by atoms with Crippen LogP contribution in [0, 0.1) is 5.92 Å². The Morgan fingerprint density at radius 3 is 2.79 bits per heavy atom. The number of aromatic nitrogens is 1. The minimum absolute atomic E-state index is 0.174. The van der Waals surface area contributed by atoms with Crippen LogP contribution < -0.4 is 9.64 Å². The fourth-order valence-corrected chi connectivity index (χ4v) is 2.31. The molecule has 1 aliphatic heterocycles. The van der Waals surface area contributed by atoms with Crippen LogP contribution in [0.15, 0.2) is 16.7 Å². The molecule has 2 heterocycles. The molecule has 6 nitrogen and oxygen atoms in total. The van der Waals surface area contributed by atoms with E-state index in [-0.39, 0.29) is 18.3 Å². The van der Waals surface area contributed by atoms with Crippen molar-refractivity contribution in [1.82, 2.24) is 4.98 Å². The van der Waals surface area contributed by atoms with Crippen LogP contribution in [-0.2, 0) is 9.59 Å². The largest absolute Gasteiger partial charge is 0.480 e. The Labute approximate surface area is 118 Å². The number of nitrogens with zero attached hydrogens (tertiary/aromatic N) is 2. The minimum Gasteiger partial charge on any atom is -0.480 e. The third-order valence-electron chi connectivity index (χ3n) is 2.82. The van der Waals surface area contributed by atoms with Crippen LogP contribution in [0.25, 0.3) is 0 Å². The van der Waals surface area contributed by atoms with Crippen LogP contribution in [0.5, 0.6) is 5.75 Å². The molecule has 0 spiro atoms. The van der Waals surface area contributed by atoms with Crippen LogP contribution in [0.3, 0.4) is 0 Å². The summed E-state index contributed by atoms with van der Waals surface area (Å²) < 4.78 is 5.78. The topological polar surface area (TPSA) is 79.7 Å².